The van der Waals surface area contributed by atoms with E-state index in [9.17, 15) is 28.7 Å². The highest BCUT2D eigenvalue weighted by atomic mass is 32.1. The minimum absolute atomic E-state index is 0.00353. The van der Waals surface area contributed by atoms with Gasteiger partial charge in [0.1, 0.15) is 23.7 Å². The van der Waals surface area contributed by atoms with Crippen molar-refractivity contribution in [1.82, 2.24) is 55.4 Å². The molecule has 6 fully saturated rings. The lowest BCUT2D eigenvalue weighted by Gasteiger charge is -2.69. The number of carbonyl (C=O) groups is 4. The molecule has 5 aliphatic carbocycles. The highest BCUT2D eigenvalue weighted by molar-refractivity contribution is 7.22. The summed E-state index contributed by atoms with van der Waals surface area (Å²) in [4.78, 5) is 75.0. The largest absolute Gasteiger partial charge is 0.493 e. The number of anilines is 4. The van der Waals surface area contributed by atoms with Crippen LogP contribution in [-0.2, 0) is 38.6 Å². The number of thiazole rings is 2. The normalized spacial score (nSPS) is 22.6. The van der Waals surface area contributed by atoms with E-state index in [1.165, 1.54) is 77.0 Å². The van der Waals surface area contributed by atoms with Gasteiger partial charge in [0.2, 0.25) is 11.8 Å². The summed E-state index contributed by atoms with van der Waals surface area (Å²) in [5, 5.41) is 35.1. The number of rotatable bonds is 35. The molecule has 7 aliphatic rings. The molecule has 5 saturated carbocycles. The molecular weight excluding hydrogens is 1360 g/mol. The standard InChI is InChI=1S/C82H110FN13O7S2/c1-54-59-27-25-39-95(71(59)92-91-70(54)90-76-87-62-28-21-22-30-65(62)105-76)66-34-33-60(67(88-66)74(99)100)61-45-86-96(56(61)3)52-80-47-78(7)46-79(8,48-80)50-81(49-78,51-80)103-42-40-93(9)37-23-19-17-15-13-11-10-12-14-16-18-20-24-41-102-64-43-57(68-55(2)85-53-104-68)31-32-58(64)44-84-72(97)63-29-26-38-94(63)73(98)69(77(4,5)6)89-75(101)82(83)35-36-82/h21-22,28,30-34,43,45,53,63,69H,10-20,23-27,29,35-42,44,46-52H2,1-9H3,(H,84,97)(H,89,101)(H,99,100)(H,87,90,91)/t63-,69+,78?,79?,80?,81?/m0/s1. The molecule has 7 aromatic rings. The molecule has 7 heterocycles. The quantitative estimate of drug-likeness (QED) is 0.0270. The third-order valence-corrected chi connectivity index (χ3v) is 25.4. The van der Waals surface area contributed by atoms with E-state index in [0.717, 1.165) is 149 Å². The Kier molecular flexibility index (Phi) is 22.9. The predicted molar refractivity (Wildman–Crippen MR) is 414 cm³/mol. The van der Waals surface area contributed by atoms with Gasteiger partial charge >= 0.3 is 5.97 Å². The molecule has 4 bridgehead atoms. The van der Waals surface area contributed by atoms with Crippen LogP contribution in [0.5, 0.6) is 5.75 Å². The van der Waals surface area contributed by atoms with Crippen molar-refractivity contribution in [2.24, 2.45) is 21.7 Å². The molecule has 20 nitrogen and oxygen atoms in total. The summed E-state index contributed by atoms with van der Waals surface area (Å²) in [6.07, 6.45) is 27.6. The van der Waals surface area contributed by atoms with Crippen molar-refractivity contribution in [3.8, 4) is 27.3 Å². The molecule has 0 spiro atoms. The molecule has 0 radical (unpaired) electrons. The maximum Gasteiger partial charge on any atom is 0.355 e. The lowest BCUT2D eigenvalue weighted by atomic mass is 9.39. The summed E-state index contributed by atoms with van der Waals surface area (Å²) in [5.74, 6) is 0.174. The SMILES string of the molecule is Cc1ncsc1-c1ccc(CNC(=O)[C@@H]2CCCN2C(=O)[C@@H](NC(=O)C2(F)CC2)C(C)(C)C)c(OCCCCCCCCCCCCCCCN(C)CCOC23CC4(C)CC(C)(CC(Cn5ncc(-c6ccc(N7CCCc8c7nnc(Nc7nc9ccccc9s7)c8C)nc6C(=O)O)c5C)(C4)C2)C3)c1. The van der Waals surface area contributed by atoms with Crippen LogP contribution in [0, 0.1) is 42.4 Å². The number of aryl methyl sites for hydroxylation is 1. The molecule has 105 heavy (non-hydrogen) atoms. The van der Waals surface area contributed by atoms with Crippen LogP contribution < -0.4 is 25.6 Å². The minimum Gasteiger partial charge on any atom is -0.493 e. The number of hydrogen-bond acceptors (Lipinski definition) is 17. The number of hydrogen-bond donors (Lipinski definition) is 4. The first-order chi connectivity index (χ1) is 50.3. The number of unbranched alkanes of at least 4 members (excludes halogenated alkanes) is 12. The number of nitrogens with one attached hydrogen (secondary N) is 3. The van der Waals surface area contributed by atoms with E-state index in [1.54, 1.807) is 27.6 Å². The number of aromatic nitrogens is 7. The topological polar surface area (TPSA) is 235 Å². The van der Waals surface area contributed by atoms with Crippen LogP contribution in [-0.4, -0.2) is 143 Å². The van der Waals surface area contributed by atoms with Crippen LogP contribution >= 0.6 is 22.7 Å². The van der Waals surface area contributed by atoms with Crippen molar-refractivity contribution in [2.45, 2.75) is 252 Å². The second-order valence-corrected chi connectivity index (χ2v) is 35.6. The molecule has 23 heteroatoms. The number of nitrogens with zero attached hydrogens (tertiary/aromatic N) is 10. The Labute approximate surface area is 627 Å². The first-order valence-corrected chi connectivity index (χ1v) is 40.6. The van der Waals surface area contributed by atoms with Gasteiger partial charge in [0.05, 0.1) is 51.3 Å². The number of amides is 3. The first kappa shape index (κ1) is 75.8. The van der Waals surface area contributed by atoms with Crippen LogP contribution in [0.2, 0.25) is 0 Å². The van der Waals surface area contributed by atoms with Crippen molar-refractivity contribution < 1.29 is 38.1 Å². The highest BCUT2D eigenvalue weighted by Gasteiger charge is 2.66. The fourth-order valence-corrected chi connectivity index (χ4v) is 20.6. The summed E-state index contributed by atoms with van der Waals surface area (Å²) in [7, 11) is 2.25. The van der Waals surface area contributed by atoms with Crippen molar-refractivity contribution in [3.63, 3.8) is 0 Å². The third kappa shape index (κ3) is 17.4. The number of ether oxygens (including phenoxy) is 2. The van der Waals surface area contributed by atoms with Gasteiger partial charge in [-0.25, -0.2) is 24.1 Å². The van der Waals surface area contributed by atoms with Crippen molar-refractivity contribution in [1.29, 1.82) is 0 Å². The zero-order valence-electron chi connectivity index (χ0n) is 63.4. The molecular formula is C82H110FN13O7S2. The second-order valence-electron chi connectivity index (χ2n) is 33.7. The number of benzene rings is 2. The molecule has 1 saturated heterocycles. The molecule has 14 rings (SSSR count). The number of carbonyl (C=O) groups excluding carboxylic acids is 3. The Morgan fingerprint density at radius 2 is 1.51 bits per heavy atom. The fraction of sp³-hybridized carbons (Fsp3) is 0.610. The number of likely N-dealkylation sites (tertiary alicyclic amines) is 1. The van der Waals surface area contributed by atoms with Crippen LogP contribution in [0.25, 0.3) is 31.8 Å². The molecule has 5 aromatic heterocycles. The van der Waals surface area contributed by atoms with Gasteiger partial charge in [0, 0.05) is 66.2 Å². The number of para-hydroxylation sites is 1. The van der Waals surface area contributed by atoms with Crippen LogP contribution in [0.3, 0.4) is 0 Å². The summed E-state index contributed by atoms with van der Waals surface area (Å²) in [5.41, 5.74) is 7.60. The Hall–Kier alpha value is -7.47. The molecule has 2 aliphatic heterocycles. The minimum atomic E-state index is -1.91. The Bertz CT molecular complexity index is 4220. The van der Waals surface area contributed by atoms with Gasteiger partial charge < -0.3 is 45.2 Å². The van der Waals surface area contributed by atoms with E-state index in [0.29, 0.717) is 55.6 Å². The highest BCUT2D eigenvalue weighted by Crippen LogP contribution is 2.72. The van der Waals surface area contributed by atoms with E-state index in [4.69, 9.17) is 29.6 Å². The number of likely N-dealkylation sites (N-methyl/N-ethyl adjacent to an activating group) is 1. The van der Waals surface area contributed by atoms with E-state index in [1.807, 2.05) is 92.8 Å². The molecule has 3 amide bonds. The molecule has 564 valence electrons. The van der Waals surface area contributed by atoms with Gasteiger partial charge in [-0.05, 0) is 182 Å². The van der Waals surface area contributed by atoms with E-state index < -0.39 is 35.0 Å². The van der Waals surface area contributed by atoms with Crippen LogP contribution in [0.1, 0.15) is 227 Å². The number of carboxylic acid groups (broad SMARTS) is 1. The van der Waals surface area contributed by atoms with Crippen molar-refractivity contribution in [2.75, 3.05) is 56.7 Å². The Morgan fingerprint density at radius 3 is 2.20 bits per heavy atom. The average molecular weight is 1470 g/mol. The zero-order chi connectivity index (χ0) is 73.9. The Morgan fingerprint density at radius 1 is 0.800 bits per heavy atom. The zero-order valence-corrected chi connectivity index (χ0v) is 65.0. The summed E-state index contributed by atoms with van der Waals surface area (Å²) < 4.78 is 31.6. The fourth-order valence-electron chi connectivity index (χ4n) is 19.0. The summed E-state index contributed by atoms with van der Waals surface area (Å²) in [6, 6.07) is 16.3. The van der Waals surface area contributed by atoms with Crippen LogP contribution in [0.4, 0.5) is 27.0 Å². The maximum atomic E-state index is 14.7. The lowest BCUT2D eigenvalue weighted by molar-refractivity contribution is -0.248. The monoisotopic (exact) mass is 1470 g/mol. The van der Waals surface area contributed by atoms with Gasteiger partial charge in [-0.1, -0.05) is 141 Å². The van der Waals surface area contributed by atoms with Crippen molar-refractivity contribution >= 4 is 79.2 Å². The molecule has 2 aromatic carbocycles. The van der Waals surface area contributed by atoms with Gasteiger partial charge in [0.15, 0.2) is 28.1 Å². The number of aromatic carboxylic acids is 1. The smallest absolute Gasteiger partial charge is 0.355 e. The predicted octanol–water partition coefficient (Wildman–Crippen LogP) is 16.8. The van der Waals surface area contributed by atoms with Crippen molar-refractivity contribution in [3.05, 3.63) is 100 Å². The Balaban J connectivity index is 0.506. The second kappa shape index (κ2) is 31.8. The van der Waals surface area contributed by atoms with Gasteiger partial charge in [0.25, 0.3) is 5.91 Å². The number of halogens is 1. The molecule has 4 atom stereocenters. The molecule has 4 N–H and O–H groups in total. The van der Waals surface area contributed by atoms with Gasteiger partial charge in [-0.15, -0.1) is 21.5 Å². The van der Waals surface area contributed by atoms with E-state index in [-0.39, 0.29) is 58.7 Å². The lowest BCUT2D eigenvalue weighted by Crippen LogP contribution is -2.64. The maximum absolute atomic E-state index is 14.7. The summed E-state index contributed by atoms with van der Waals surface area (Å²) >= 11 is 3.16. The number of alkyl halides is 1. The van der Waals surface area contributed by atoms with Crippen LogP contribution in [0.15, 0.2) is 66.3 Å². The average Bonchev–Trinajstić information content (AvgIpc) is 1.49. The third-order valence-electron chi connectivity index (χ3n) is 23.5. The van der Waals surface area contributed by atoms with Gasteiger partial charge in [-0.2, -0.15) is 5.10 Å². The van der Waals surface area contributed by atoms with E-state index >= 15 is 0 Å². The van der Waals surface area contributed by atoms with E-state index in [2.05, 4.69) is 76.4 Å². The number of carboxylic acids is 1. The summed E-state index contributed by atoms with van der Waals surface area (Å²) in [6.45, 7) is 22.0. The number of fused-ring (bicyclic) bond motifs is 2. The molecule has 2 unspecified atom stereocenters. The van der Waals surface area contributed by atoms with Gasteiger partial charge in [-0.3, -0.25) is 19.1 Å². The number of pyridine rings is 1. The first-order valence-electron chi connectivity index (χ1n) is 38.9.